The van der Waals surface area contributed by atoms with E-state index in [-0.39, 0.29) is 5.41 Å². The summed E-state index contributed by atoms with van der Waals surface area (Å²) >= 11 is 0. The second kappa shape index (κ2) is 6.28. The van der Waals surface area contributed by atoms with E-state index in [2.05, 4.69) is 32.6 Å². The van der Waals surface area contributed by atoms with Gasteiger partial charge >= 0.3 is 0 Å². The average molecular weight is 275 g/mol. The Kier molecular flexibility index (Phi) is 4.87. The van der Waals surface area contributed by atoms with Gasteiger partial charge in [0.15, 0.2) is 0 Å². The first-order valence-electron chi connectivity index (χ1n) is 7.87. The molecule has 1 N–H and O–H groups in total. The van der Waals surface area contributed by atoms with E-state index >= 15 is 0 Å². The molecule has 1 aliphatic heterocycles. The standard InChI is InChI=1S/C18H29NO/c1-14-10-11-19(15(2)12-14)13-18(3,4)17(20)16-8-6-5-7-9-16/h5-9,14-15,17,20H,10-13H2,1-4H3. The molecule has 1 saturated heterocycles. The van der Waals surface area contributed by atoms with Crippen molar-refractivity contribution in [2.75, 3.05) is 13.1 Å². The maximum absolute atomic E-state index is 10.7. The topological polar surface area (TPSA) is 23.5 Å². The van der Waals surface area contributed by atoms with Crippen LogP contribution in [-0.2, 0) is 0 Å². The summed E-state index contributed by atoms with van der Waals surface area (Å²) in [6, 6.07) is 10.7. The number of aliphatic hydroxyl groups is 1. The molecule has 0 amide bonds. The lowest BCUT2D eigenvalue weighted by molar-refractivity contribution is -0.00152. The third-order valence-corrected chi connectivity index (χ3v) is 4.74. The van der Waals surface area contributed by atoms with Crippen LogP contribution in [0.3, 0.4) is 0 Å². The molecule has 0 aliphatic carbocycles. The van der Waals surface area contributed by atoms with E-state index in [1.54, 1.807) is 0 Å². The number of hydrogen-bond donors (Lipinski definition) is 1. The largest absolute Gasteiger partial charge is 0.388 e. The van der Waals surface area contributed by atoms with Crippen molar-refractivity contribution < 1.29 is 5.11 Å². The number of rotatable bonds is 4. The van der Waals surface area contributed by atoms with Crippen LogP contribution in [0.15, 0.2) is 30.3 Å². The fraction of sp³-hybridized carbons (Fsp3) is 0.667. The molecule has 1 aromatic rings. The van der Waals surface area contributed by atoms with Crippen LogP contribution in [0.5, 0.6) is 0 Å². The summed E-state index contributed by atoms with van der Waals surface area (Å²) in [5.41, 5.74) is 0.895. The lowest BCUT2D eigenvalue weighted by atomic mass is 9.80. The van der Waals surface area contributed by atoms with Crippen molar-refractivity contribution in [1.29, 1.82) is 0 Å². The van der Waals surface area contributed by atoms with Crippen LogP contribution in [0.1, 0.15) is 52.2 Å². The summed E-state index contributed by atoms with van der Waals surface area (Å²) in [5.74, 6) is 0.836. The molecule has 1 aliphatic rings. The Labute approximate surface area is 123 Å². The number of piperidine rings is 1. The normalized spacial score (nSPS) is 26.4. The zero-order valence-electron chi connectivity index (χ0n) is 13.3. The van der Waals surface area contributed by atoms with E-state index in [1.807, 2.05) is 30.3 Å². The third-order valence-electron chi connectivity index (χ3n) is 4.74. The van der Waals surface area contributed by atoms with Crippen LogP contribution in [0.2, 0.25) is 0 Å². The van der Waals surface area contributed by atoms with Gasteiger partial charge in [0.25, 0.3) is 0 Å². The first-order chi connectivity index (χ1) is 9.40. The van der Waals surface area contributed by atoms with E-state index in [1.165, 1.54) is 12.8 Å². The molecular weight excluding hydrogens is 246 g/mol. The van der Waals surface area contributed by atoms with Gasteiger partial charge in [-0.25, -0.2) is 0 Å². The molecule has 1 aromatic carbocycles. The van der Waals surface area contributed by atoms with Crippen molar-refractivity contribution in [3.05, 3.63) is 35.9 Å². The molecule has 2 heteroatoms. The predicted molar refractivity (Wildman–Crippen MR) is 84.6 cm³/mol. The van der Waals surface area contributed by atoms with Gasteiger partial charge in [-0.3, -0.25) is 0 Å². The van der Waals surface area contributed by atoms with E-state index < -0.39 is 6.10 Å². The van der Waals surface area contributed by atoms with Crippen LogP contribution in [0.4, 0.5) is 0 Å². The smallest absolute Gasteiger partial charge is 0.0853 e. The van der Waals surface area contributed by atoms with Gasteiger partial charge in [0, 0.05) is 18.0 Å². The Balaban J connectivity index is 2.03. The second-order valence-corrected chi connectivity index (χ2v) is 7.25. The van der Waals surface area contributed by atoms with Crippen LogP contribution < -0.4 is 0 Å². The number of benzene rings is 1. The van der Waals surface area contributed by atoms with Crippen molar-refractivity contribution in [3.63, 3.8) is 0 Å². The van der Waals surface area contributed by atoms with Gasteiger partial charge in [-0.15, -0.1) is 0 Å². The van der Waals surface area contributed by atoms with E-state index in [9.17, 15) is 5.11 Å². The lowest BCUT2D eigenvalue weighted by Gasteiger charge is -2.42. The highest BCUT2D eigenvalue weighted by atomic mass is 16.3. The van der Waals surface area contributed by atoms with Gasteiger partial charge in [0.05, 0.1) is 6.10 Å². The highest BCUT2D eigenvalue weighted by Gasteiger charge is 2.34. The molecule has 0 radical (unpaired) electrons. The van der Waals surface area contributed by atoms with Gasteiger partial charge < -0.3 is 10.0 Å². The summed E-state index contributed by atoms with van der Waals surface area (Å²) in [7, 11) is 0. The Bertz CT molecular complexity index is 415. The SMILES string of the molecule is CC1CCN(CC(C)(C)C(O)c2ccccc2)C(C)C1. The van der Waals surface area contributed by atoms with Gasteiger partial charge in [-0.2, -0.15) is 0 Å². The highest BCUT2D eigenvalue weighted by Crippen LogP contribution is 2.36. The molecule has 0 bridgehead atoms. The van der Waals surface area contributed by atoms with Crippen molar-refractivity contribution in [3.8, 4) is 0 Å². The molecule has 112 valence electrons. The van der Waals surface area contributed by atoms with Crippen molar-refractivity contribution >= 4 is 0 Å². The molecule has 20 heavy (non-hydrogen) atoms. The Morgan fingerprint density at radius 1 is 1.25 bits per heavy atom. The maximum atomic E-state index is 10.7. The Morgan fingerprint density at radius 3 is 2.50 bits per heavy atom. The second-order valence-electron chi connectivity index (χ2n) is 7.25. The molecule has 0 saturated carbocycles. The number of nitrogens with zero attached hydrogens (tertiary/aromatic N) is 1. The van der Waals surface area contributed by atoms with E-state index in [4.69, 9.17) is 0 Å². The molecule has 2 rings (SSSR count). The molecule has 3 atom stereocenters. The molecule has 1 heterocycles. The fourth-order valence-corrected chi connectivity index (χ4v) is 3.39. The van der Waals surface area contributed by atoms with Gasteiger partial charge in [-0.1, -0.05) is 51.1 Å². The Morgan fingerprint density at radius 2 is 1.90 bits per heavy atom. The Hall–Kier alpha value is -0.860. The number of likely N-dealkylation sites (tertiary alicyclic amines) is 1. The summed E-state index contributed by atoms with van der Waals surface area (Å²) in [6.07, 6.45) is 2.15. The minimum atomic E-state index is -0.407. The van der Waals surface area contributed by atoms with Crippen molar-refractivity contribution in [2.45, 2.75) is 52.7 Å². The average Bonchev–Trinajstić information content (AvgIpc) is 2.42. The zero-order chi connectivity index (χ0) is 14.8. The maximum Gasteiger partial charge on any atom is 0.0853 e. The van der Waals surface area contributed by atoms with Gasteiger partial charge in [0.1, 0.15) is 0 Å². The van der Waals surface area contributed by atoms with Crippen LogP contribution in [0.25, 0.3) is 0 Å². The van der Waals surface area contributed by atoms with Crippen molar-refractivity contribution in [2.24, 2.45) is 11.3 Å². The molecular formula is C18H29NO. The van der Waals surface area contributed by atoms with Gasteiger partial charge in [0.2, 0.25) is 0 Å². The van der Waals surface area contributed by atoms with Gasteiger partial charge in [-0.05, 0) is 37.8 Å². The molecule has 3 unspecified atom stereocenters. The van der Waals surface area contributed by atoms with Crippen LogP contribution in [-0.4, -0.2) is 29.1 Å². The van der Waals surface area contributed by atoms with E-state index in [0.29, 0.717) is 6.04 Å². The third kappa shape index (κ3) is 3.62. The van der Waals surface area contributed by atoms with Crippen LogP contribution in [0, 0.1) is 11.3 Å². The minimum Gasteiger partial charge on any atom is -0.388 e. The quantitative estimate of drug-likeness (QED) is 0.901. The first kappa shape index (κ1) is 15.5. The monoisotopic (exact) mass is 275 g/mol. The summed E-state index contributed by atoms with van der Waals surface area (Å²) in [6.45, 7) is 11.1. The summed E-state index contributed by atoms with van der Waals surface area (Å²) in [4.78, 5) is 2.55. The molecule has 0 spiro atoms. The summed E-state index contributed by atoms with van der Waals surface area (Å²) in [5, 5.41) is 10.7. The first-order valence-corrected chi connectivity index (χ1v) is 7.87. The zero-order valence-corrected chi connectivity index (χ0v) is 13.3. The van der Waals surface area contributed by atoms with E-state index in [0.717, 1.165) is 24.6 Å². The van der Waals surface area contributed by atoms with Crippen LogP contribution >= 0.6 is 0 Å². The molecule has 2 nitrogen and oxygen atoms in total. The lowest BCUT2D eigenvalue weighted by Crippen LogP contribution is -2.46. The number of hydrogen-bond acceptors (Lipinski definition) is 2. The minimum absolute atomic E-state index is 0.129. The predicted octanol–water partition coefficient (Wildman–Crippen LogP) is 3.87. The highest BCUT2D eigenvalue weighted by molar-refractivity contribution is 5.19. The van der Waals surface area contributed by atoms with Crippen molar-refractivity contribution in [1.82, 2.24) is 4.90 Å². The molecule has 1 fully saturated rings. The number of aliphatic hydroxyl groups excluding tert-OH is 1. The fourth-order valence-electron chi connectivity index (χ4n) is 3.39. The summed E-state index contributed by atoms with van der Waals surface area (Å²) < 4.78 is 0. The molecule has 0 aromatic heterocycles.